The Morgan fingerprint density at radius 2 is 1.87 bits per heavy atom. The number of aromatic nitrogens is 3. The normalized spacial score (nSPS) is 18.7. The summed E-state index contributed by atoms with van der Waals surface area (Å²) in [6.45, 7) is 7.23. The molecular weight excluding hydrogens is 498 g/mol. The van der Waals surface area contributed by atoms with Crippen LogP contribution in [0, 0.1) is 0 Å². The number of nitrogens with one attached hydrogen (secondary N) is 1. The van der Waals surface area contributed by atoms with Gasteiger partial charge in [0, 0.05) is 37.6 Å². The second-order valence-electron chi connectivity index (χ2n) is 11.4. The molecular formula is C29H33N5O5. The van der Waals surface area contributed by atoms with E-state index in [1.807, 2.05) is 32.4 Å². The number of ether oxygens (including phenoxy) is 2. The van der Waals surface area contributed by atoms with Gasteiger partial charge in [-0.3, -0.25) is 0 Å². The summed E-state index contributed by atoms with van der Waals surface area (Å²) in [6.07, 6.45) is 1.39. The van der Waals surface area contributed by atoms with Crippen LogP contribution in [0.3, 0.4) is 0 Å². The molecule has 1 aliphatic carbocycles. The largest absolute Gasteiger partial charge is 0.494 e. The van der Waals surface area contributed by atoms with Gasteiger partial charge < -0.3 is 33.9 Å². The summed E-state index contributed by atoms with van der Waals surface area (Å²) < 4.78 is 15.2. The number of aryl methyl sites for hydroxylation is 1. The summed E-state index contributed by atoms with van der Waals surface area (Å²) in [5, 5.41) is 13.7. The number of aromatic carboxylic acids is 1. The maximum atomic E-state index is 12.2. The van der Waals surface area contributed by atoms with Gasteiger partial charge in [-0.15, -0.1) is 0 Å². The van der Waals surface area contributed by atoms with E-state index in [4.69, 9.17) is 14.5 Å². The highest BCUT2D eigenvalue weighted by Gasteiger charge is 2.38. The van der Waals surface area contributed by atoms with Crippen LogP contribution in [-0.4, -0.2) is 62.6 Å². The van der Waals surface area contributed by atoms with Gasteiger partial charge in [-0.2, -0.15) is 0 Å². The molecule has 39 heavy (non-hydrogen) atoms. The number of anilines is 1. The first-order valence-corrected chi connectivity index (χ1v) is 13.2. The number of benzene rings is 2. The smallest absolute Gasteiger partial charge is 0.407 e. The van der Waals surface area contributed by atoms with Crippen LogP contribution in [-0.2, 0) is 18.3 Å². The zero-order chi connectivity index (χ0) is 27.6. The van der Waals surface area contributed by atoms with Gasteiger partial charge in [-0.25, -0.2) is 14.6 Å². The summed E-state index contributed by atoms with van der Waals surface area (Å²) >= 11 is 0. The molecule has 6 rings (SSSR count). The van der Waals surface area contributed by atoms with Gasteiger partial charge in [0.25, 0.3) is 0 Å². The summed E-state index contributed by atoms with van der Waals surface area (Å²) in [7, 11) is 3.47. The van der Waals surface area contributed by atoms with Gasteiger partial charge in [-0.1, -0.05) is 12.1 Å². The van der Waals surface area contributed by atoms with Crippen molar-refractivity contribution in [2.24, 2.45) is 7.05 Å². The number of nitrogens with zero attached hydrogens (tertiary/aromatic N) is 4. The van der Waals surface area contributed by atoms with Gasteiger partial charge in [0.05, 0.1) is 35.1 Å². The van der Waals surface area contributed by atoms with Gasteiger partial charge >= 0.3 is 12.1 Å². The molecule has 10 nitrogen and oxygen atoms in total. The van der Waals surface area contributed by atoms with E-state index in [0.717, 1.165) is 53.9 Å². The van der Waals surface area contributed by atoms with Gasteiger partial charge in [0.1, 0.15) is 16.9 Å². The molecule has 10 heteroatoms. The molecule has 0 atom stereocenters. The molecule has 1 fully saturated rings. The lowest BCUT2D eigenvalue weighted by atomic mass is 9.85. The number of carboxylic acid groups (broad SMARTS) is 1. The van der Waals surface area contributed by atoms with Crippen LogP contribution in [0.5, 0.6) is 5.75 Å². The minimum atomic E-state index is -1.02. The van der Waals surface area contributed by atoms with Crippen LogP contribution in [0.2, 0.25) is 0 Å². The highest BCUT2D eigenvalue weighted by Crippen LogP contribution is 2.41. The first kappa shape index (κ1) is 25.1. The number of fused-ring (bicyclic) bond motifs is 1. The quantitative estimate of drug-likeness (QED) is 0.381. The minimum absolute atomic E-state index is 0.110. The maximum absolute atomic E-state index is 12.2. The highest BCUT2D eigenvalue weighted by atomic mass is 16.6. The first-order chi connectivity index (χ1) is 18.5. The van der Waals surface area contributed by atoms with Crippen LogP contribution in [0.4, 0.5) is 10.5 Å². The molecule has 0 unspecified atom stereocenters. The number of carbonyl (C=O) groups excluding carboxylic acids is 1. The Kier molecular flexibility index (Phi) is 5.74. The summed E-state index contributed by atoms with van der Waals surface area (Å²) in [4.78, 5) is 31.2. The molecule has 0 saturated heterocycles. The van der Waals surface area contributed by atoms with Crippen LogP contribution in [0.25, 0.3) is 33.5 Å². The molecule has 1 amide bonds. The van der Waals surface area contributed by atoms with Crippen molar-refractivity contribution in [2.75, 3.05) is 18.6 Å². The van der Waals surface area contributed by atoms with Crippen LogP contribution in [0.1, 0.15) is 44.0 Å². The molecule has 0 radical (unpaired) electrons. The van der Waals surface area contributed by atoms with E-state index in [0.29, 0.717) is 17.3 Å². The third kappa shape index (κ3) is 4.24. The summed E-state index contributed by atoms with van der Waals surface area (Å²) in [6, 6.07) is 12.1. The average molecular weight is 532 g/mol. The van der Waals surface area contributed by atoms with Crippen molar-refractivity contribution >= 4 is 39.7 Å². The lowest BCUT2D eigenvalue weighted by Gasteiger charge is -2.46. The minimum Gasteiger partial charge on any atom is -0.494 e. The van der Waals surface area contributed by atoms with E-state index in [1.165, 1.54) is 18.9 Å². The standard InChI is InChI=1S/C29H33N5O5/c1-29(2,3)39-28(37)30-18-14-19(15-18)33-9-10-34-22(12-16-7-6-8-21(33)24(16)34)26-31-20-11-17(27(35)36)13-23(38-5)25(20)32(26)4/h6-8,11-13,18-19H,9-10,14-15H2,1-5H3,(H,30,37)(H,35,36). The van der Waals surface area contributed by atoms with E-state index in [-0.39, 0.29) is 17.7 Å². The molecule has 2 aliphatic rings. The van der Waals surface area contributed by atoms with Crippen molar-refractivity contribution < 1.29 is 24.2 Å². The van der Waals surface area contributed by atoms with E-state index in [2.05, 4.69) is 39.0 Å². The number of amides is 1. The third-order valence-corrected chi connectivity index (χ3v) is 7.68. The van der Waals surface area contributed by atoms with Crippen molar-refractivity contribution in [3.05, 3.63) is 42.0 Å². The summed E-state index contributed by atoms with van der Waals surface area (Å²) in [5.74, 6) is 0.217. The second kappa shape index (κ2) is 8.93. The fourth-order valence-electron chi connectivity index (χ4n) is 5.91. The van der Waals surface area contributed by atoms with Crippen molar-refractivity contribution in [1.29, 1.82) is 0 Å². The third-order valence-electron chi connectivity index (χ3n) is 7.68. The molecule has 0 bridgehead atoms. The zero-order valence-corrected chi connectivity index (χ0v) is 22.8. The highest BCUT2D eigenvalue weighted by molar-refractivity contribution is 5.99. The Morgan fingerprint density at radius 3 is 2.56 bits per heavy atom. The number of para-hydroxylation sites is 1. The monoisotopic (exact) mass is 531 g/mol. The van der Waals surface area contributed by atoms with Crippen molar-refractivity contribution in [2.45, 2.75) is 57.8 Å². The fraction of sp³-hybridized carbons (Fsp3) is 0.414. The molecule has 2 aromatic carbocycles. The number of carbonyl (C=O) groups is 2. The first-order valence-electron chi connectivity index (χ1n) is 13.2. The molecule has 2 aromatic heterocycles. The molecule has 3 heterocycles. The molecule has 2 N–H and O–H groups in total. The molecule has 204 valence electrons. The molecule has 1 saturated carbocycles. The summed E-state index contributed by atoms with van der Waals surface area (Å²) in [5.41, 5.74) is 4.28. The van der Waals surface area contributed by atoms with E-state index >= 15 is 0 Å². The van der Waals surface area contributed by atoms with Crippen LogP contribution >= 0.6 is 0 Å². The molecule has 4 aromatic rings. The number of methoxy groups -OCH3 is 1. The second-order valence-corrected chi connectivity index (χ2v) is 11.4. The Balaban J connectivity index is 1.32. The van der Waals surface area contributed by atoms with E-state index in [9.17, 15) is 14.7 Å². The fourth-order valence-corrected chi connectivity index (χ4v) is 5.91. The Bertz CT molecular complexity index is 1620. The van der Waals surface area contributed by atoms with Crippen LogP contribution < -0.4 is 15.0 Å². The number of imidazole rings is 1. The van der Waals surface area contributed by atoms with Gasteiger partial charge in [-0.05, 0) is 57.9 Å². The van der Waals surface area contributed by atoms with Gasteiger partial charge in [0.15, 0.2) is 5.82 Å². The SMILES string of the molecule is COc1cc(C(=O)O)cc2nc(-c3cc4cccc5c4n3CCN5C3CC(NC(=O)OC(C)(C)C)C3)n(C)c12. The van der Waals surface area contributed by atoms with Crippen molar-refractivity contribution in [3.63, 3.8) is 0 Å². The number of hydrogen-bond donors (Lipinski definition) is 2. The average Bonchev–Trinajstić information content (AvgIpc) is 3.38. The van der Waals surface area contributed by atoms with Crippen molar-refractivity contribution in [1.82, 2.24) is 19.4 Å². The topological polar surface area (TPSA) is 111 Å². The molecule has 0 spiro atoms. The number of alkyl carbamates (subject to hydrolysis) is 1. The number of hydrogen-bond acceptors (Lipinski definition) is 6. The van der Waals surface area contributed by atoms with E-state index in [1.54, 1.807) is 6.07 Å². The lowest BCUT2D eigenvalue weighted by Crippen LogP contribution is -2.55. The lowest BCUT2D eigenvalue weighted by molar-refractivity contribution is 0.0470. The zero-order valence-electron chi connectivity index (χ0n) is 22.8. The Morgan fingerprint density at radius 1 is 1.10 bits per heavy atom. The van der Waals surface area contributed by atoms with E-state index < -0.39 is 11.6 Å². The number of carboxylic acids is 1. The maximum Gasteiger partial charge on any atom is 0.407 e. The predicted molar refractivity (Wildman–Crippen MR) is 149 cm³/mol. The van der Waals surface area contributed by atoms with Crippen molar-refractivity contribution in [3.8, 4) is 17.3 Å². The Hall–Kier alpha value is -4.21. The Labute approximate surface area is 226 Å². The van der Waals surface area contributed by atoms with Gasteiger partial charge in [0.2, 0.25) is 0 Å². The predicted octanol–water partition coefficient (Wildman–Crippen LogP) is 4.78. The number of rotatable bonds is 5. The van der Waals surface area contributed by atoms with Crippen LogP contribution in [0.15, 0.2) is 36.4 Å². The molecule has 1 aliphatic heterocycles.